The van der Waals surface area contributed by atoms with Crippen molar-refractivity contribution in [2.24, 2.45) is 0 Å². The van der Waals surface area contributed by atoms with Gasteiger partial charge < -0.3 is 20.7 Å². The molecule has 3 N–H and O–H groups in total. The van der Waals surface area contributed by atoms with Crippen LogP contribution in [0.15, 0.2) is 41.9 Å². The van der Waals surface area contributed by atoms with Gasteiger partial charge in [0.05, 0.1) is 18.8 Å². The molecule has 0 aliphatic carbocycles. The van der Waals surface area contributed by atoms with Crippen molar-refractivity contribution in [3.05, 3.63) is 58.6 Å². The molecule has 0 atom stereocenters. The summed E-state index contributed by atoms with van der Waals surface area (Å²) in [5.41, 5.74) is 0.995. The lowest BCUT2D eigenvalue weighted by Crippen LogP contribution is -2.37. The summed E-state index contributed by atoms with van der Waals surface area (Å²) in [6.45, 7) is 4.31. The zero-order valence-corrected chi connectivity index (χ0v) is 19.8. The van der Waals surface area contributed by atoms with Gasteiger partial charge in [0.1, 0.15) is 16.4 Å². The number of anilines is 4. The molecule has 0 bridgehead atoms. The first-order chi connectivity index (χ1) is 16.8. The Labute approximate surface area is 204 Å². The highest BCUT2D eigenvalue weighted by Gasteiger charge is 2.35. The van der Waals surface area contributed by atoms with Crippen LogP contribution in [0.2, 0.25) is 0 Å². The first kappa shape index (κ1) is 24.9. The molecule has 3 heterocycles. The van der Waals surface area contributed by atoms with Crippen molar-refractivity contribution in [3.63, 3.8) is 0 Å². The quantitative estimate of drug-likeness (QED) is 0.420. The summed E-state index contributed by atoms with van der Waals surface area (Å²) < 4.78 is 46.1. The van der Waals surface area contributed by atoms with Crippen LogP contribution in [0.4, 0.5) is 35.6 Å². The molecule has 1 aliphatic rings. The first-order valence-corrected chi connectivity index (χ1v) is 11.9. The van der Waals surface area contributed by atoms with Crippen LogP contribution in [0.25, 0.3) is 0 Å². The summed E-state index contributed by atoms with van der Waals surface area (Å²) in [6.07, 6.45) is -3.06. The number of aromatic nitrogens is 2. The van der Waals surface area contributed by atoms with E-state index < -0.39 is 23.5 Å². The molecule has 1 amide bonds. The minimum atomic E-state index is -4.67. The van der Waals surface area contributed by atoms with Crippen LogP contribution < -0.4 is 16.0 Å². The summed E-state index contributed by atoms with van der Waals surface area (Å²) in [7, 11) is 1.45. The number of amides is 1. The van der Waals surface area contributed by atoms with E-state index in [0.29, 0.717) is 5.69 Å². The largest absolute Gasteiger partial charge is 0.421 e. The van der Waals surface area contributed by atoms with Gasteiger partial charge in [0.15, 0.2) is 0 Å². The van der Waals surface area contributed by atoms with E-state index in [4.69, 9.17) is 4.74 Å². The molecule has 1 aromatic carbocycles. The smallest absolute Gasteiger partial charge is 0.379 e. The minimum absolute atomic E-state index is 0.000356. The molecule has 1 saturated heterocycles. The van der Waals surface area contributed by atoms with Crippen LogP contribution in [0, 0.1) is 0 Å². The number of halogens is 3. The van der Waals surface area contributed by atoms with Crippen molar-refractivity contribution in [3.8, 4) is 0 Å². The number of hydrogen-bond donors (Lipinski definition) is 3. The van der Waals surface area contributed by atoms with E-state index in [9.17, 15) is 18.0 Å². The van der Waals surface area contributed by atoms with Crippen molar-refractivity contribution in [1.29, 1.82) is 0 Å². The van der Waals surface area contributed by atoms with Gasteiger partial charge in [-0.15, -0.1) is 11.3 Å². The molecule has 3 aromatic rings. The van der Waals surface area contributed by atoms with Crippen LogP contribution in [0.1, 0.15) is 21.5 Å². The van der Waals surface area contributed by atoms with Crippen molar-refractivity contribution in [2.45, 2.75) is 12.6 Å². The average Bonchev–Trinajstić information content (AvgIpc) is 3.31. The second-order valence-electron chi connectivity index (χ2n) is 7.85. The Kier molecular flexibility index (Phi) is 7.83. The van der Waals surface area contributed by atoms with Crippen molar-refractivity contribution in [2.75, 3.05) is 50.5 Å². The Morgan fingerprint density at radius 3 is 2.57 bits per heavy atom. The number of carbonyl (C=O) groups excluding carboxylic acids is 1. The molecule has 2 aromatic heterocycles. The normalized spacial score (nSPS) is 14.5. The van der Waals surface area contributed by atoms with E-state index in [2.05, 4.69) is 30.8 Å². The number of rotatable bonds is 8. The first-order valence-electron chi connectivity index (χ1n) is 11.0. The lowest BCUT2D eigenvalue weighted by atomic mass is 10.1. The van der Waals surface area contributed by atoms with E-state index in [-0.39, 0.29) is 16.5 Å². The summed E-state index contributed by atoms with van der Waals surface area (Å²) in [5, 5.41) is 9.94. The fourth-order valence-corrected chi connectivity index (χ4v) is 4.35. The summed E-state index contributed by atoms with van der Waals surface area (Å²) in [5.74, 6) is -0.854. The molecule has 1 fully saturated rings. The molecule has 186 valence electrons. The van der Waals surface area contributed by atoms with Gasteiger partial charge in [-0.1, -0.05) is 12.1 Å². The van der Waals surface area contributed by atoms with E-state index in [0.717, 1.165) is 62.4 Å². The van der Waals surface area contributed by atoms with Crippen molar-refractivity contribution < 1.29 is 22.7 Å². The van der Waals surface area contributed by atoms with Gasteiger partial charge in [-0.05, 0) is 35.6 Å². The summed E-state index contributed by atoms with van der Waals surface area (Å²) >= 11 is 1.10. The SMILES string of the molecule is CNC(=O)c1ccsc1Nc1nc(Nc2ccc(CCN3CCOCC3)cc2)ncc1C(F)(F)F. The Hall–Kier alpha value is -3.22. The van der Waals surface area contributed by atoms with Crippen LogP contribution in [0.3, 0.4) is 0 Å². The standard InChI is InChI=1S/C23H25F3N6O2S/c1-27-20(33)17-7-13-35-21(17)30-19-18(23(24,25)26)14-28-22(31-19)29-16-4-2-15(3-5-16)6-8-32-9-11-34-12-10-32/h2-5,7,13-14H,6,8-12H2,1H3,(H,27,33)(H2,28,29,30,31). The van der Waals surface area contributed by atoms with Crippen LogP contribution >= 0.6 is 11.3 Å². The second-order valence-corrected chi connectivity index (χ2v) is 8.76. The van der Waals surface area contributed by atoms with Crippen molar-refractivity contribution >= 4 is 39.7 Å². The zero-order valence-electron chi connectivity index (χ0n) is 19.0. The number of hydrogen-bond acceptors (Lipinski definition) is 8. The zero-order chi connectivity index (χ0) is 24.8. The maximum atomic E-state index is 13.6. The average molecular weight is 507 g/mol. The monoisotopic (exact) mass is 506 g/mol. The number of morpholine rings is 1. The maximum Gasteiger partial charge on any atom is 0.421 e. The lowest BCUT2D eigenvalue weighted by Gasteiger charge is -2.26. The third kappa shape index (κ3) is 6.47. The molecule has 0 saturated carbocycles. The predicted octanol–water partition coefficient (Wildman–Crippen LogP) is 4.28. The van der Waals surface area contributed by atoms with Gasteiger partial charge in [-0.3, -0.25) is 9.69 Å². The van der Waals surface area contributed by atoms with Gasteiger partial charge in [0.2, 0.25) is 5.95 Å². The van der Waals surface area contributed by atoms with E-state index >= 15 is 0 Å². The highest BCUT2D eigenvalue weighted by Crippen LogP contribution is 2.37. The number of nitrogens with one attached hydrogen (secondary N) is 3. The third-order valence-corrected chi connectivity index (χ3v) is 6.32. The molecular formula is C23H25F3N6O2S. The number of ether oxygens (including phenoxy) is 1. The molecule has 35 heavy (non-hydrogen) atoms. The van der Waals surface area contributed by atoms with Crippen LogP contribution in [-0.4, -0.2) is 60.7 Å². The fraction of sp³-hybridized carbons (Fsp3) is 0.348. The van der Waals surface area contributed by atoms with Crippen LogP contribution in [0.5, 0.6) is 0 Å². The van der Waals surface area contributed by atoms with E-state index in [1.54, 1.807) is 5.38 Å². The lowest BCUT2D eigenvalue weighted by molar-refractivity contribution is -0.137. The molecule has 0 radical (unpaired) electrons. The van der Waals surface area contributed by atoms with E-state index in [1.807, 2.05) is 24.3 Å². The third-order valence-electron chi connectivity index (χ3n) is 5.49. The molecule has 0 unspecified atom stereocenters. The van der Waals surface area contributed by atoms with Gasteiger partial charge in [0.25, 0.3) is 5.91 Å². The van der Waals surface area contributed by atoms with E-state index in [1.165, 1.54) is 13.1 Å². The molecule has 1 aliphatic heterocycles. The molecule has 12 heteroatoms. The molecule has 4 rings (SSSR count). The number of nitrogens with zero attached hydrogens (tertiary/aromatic N) is 3. The number of thiophene rings is 1. The predicted molar refractivity (Wildman–Crippen MR) is 129 cm³/mol. The second kappa shape index (κ2) is 11.0. The maximum absolute atomic E-state index is 13.6. The van der Waals surface area contributed by atoms with Gasteiger partial charge >= 0.3 is 6.18 Å². The molecule has 0 spiro atoms. The summed E-state index contributed by atoms with van der Waals surface area (Å²) in [4.78, 5) is 22.3. The Bertz CT molecular complexity index is 1150. The fourth-order valence-electron chi connectivity index (χ4n) is 3.57. The molecular weight excluding hydrogens is 481 g/mol. The Balaban J connectivity index is 1.48. The van der Waals surface area contributed by atoms with Crippen LogP contribution in [-0.2, 0) is 17.3 Å². The van der Waals surface area contributed by atoms with Gasteiger partial charge in [0, 0.05) is 38.6 Å². The van der Waals surface area contributed by atoms with Gasteiger partial charge in [-0.2, -0.15) is 18.2 Å². The number of carbonyl (C=O) groups is 1. The summed E-state index contributed by atoms with van der Waals surface area (Å²) in [6, 6.07) is 9.14. The highest BCUT2D eigenvalue weighted by molar-refractivity contribution is 7.14. The number of benzene rings is 1. The Morgan fingerprint density at radius 1 is 1.14 bits per heavy atom. The highest BCUT2D eigenvalue weighted by atomic mass is 32.1. The Morgan fingerprint density at radius 2 is 1.89 bits per heavy atom. The minimum Gasteiger partial charge on any atom is -0.379 e. The van der Waals surface area contributed by atoms with Crippen molar-refractivity contribution in [1.82, 2.24) is 20.2 Å². The molecule has 8 nitrogen and oxygen atoms in total. The van der Waals surface area contributed by atoms with Gasteiger partial charge in [-0.25, -0.2) is 4.98 Å². The topological polar surface area (TPSA) is 91.4 Å². The number of alkyl halides is 3.